The molecule has 4 heteroatoms. The van der Waals surface area contributed by atoms with E-state index in [2.05, 4.69) is 5.32 Å². The number of nitrogens with one attached hydrogen (secondary N) is 1. The standard InChI is InChI=1S/C16H22ClNO2/c1-12(2)16(20)7-5-3-4-6-13-8-14(17)10-15(9-13)18-11-19/h8-12H,3-7H2,1-2H3,(H,18,19). The molecule has 20 heavy (non-hydrogen) atoms. The number of hydrogen-bond acceptors (Lipinski definition) is 2. The second-order valence-electron chi connectivity index (χ2n) is 5.29. The van der Waals surface area contributed by atoms with Crippen LogP contribution in [0.2, 0.25) is 5.02 Å². The molecule has 0 bridgehead atoms. The summed E-state index contributed by atoms with van der Waals surface area (Å²) in [4.78, 5) is 21.9. The minimum atomic E-state index is 0.139. The van der Waals surface area contributed by atoms with Crippen molar-refractivity contribution in [3.05, 3.63) is 28.8 Å². The lowest BCUT2D eigenvalue weighted by Crippen LogP contribution is -2.06. The van der Waals surface area contributed by atoms with Crippen molar-refractivity contribution in [3.8, 4) is 0 Å². The van der Waals surface area contributed by atoms with E-state index < -0.39 is 0 Å². The summed E-state index contributed by atoms with van der Waals surface area (Å²) in [5.74, 6) is 0.477. The first-order valence-corrected chi connectivity index (χ1v) is 7.43. The van der Waals surface area contributed by atoms with E-state index >= 15 is 0 Å². The summed E-state index contributed by atoms with van der Waals surface area (Å²) >= 11 is 6.00. The van der Waals surface area contributed by atoms with Crippen molar-refractivity contribution >= 4 is 29.5 Å². The molecule has 1 amide bonds. The average molecular weight is 296 g/mol. The van der Waals surface area contributed by atoms with E-state index in [1.807, 2.05) is 26.0 Å². The van der Waals surface area contributed by atoms with Crippen molar-refractivity contribution in [3.63, 3.8) is 0 Å². The van der Waals surface area contributed by atoms with Crippen LogP contribution in [0.1, 0.15) is 45.1 Å². The van der Waals surface area contributed by atoms with E-state index in [0.29, 0.717) is 23.6 Å². The van der Waals surface area contributed by atoms with Gasteiger partial charge in [0.15, 0.2) is 0 Å². The molecule has 0 unspecified atom stereocenters. The molecule has 0 aliphatic carbocycles. The van der Waals surface area contributed by atoms with Gasteiger partial charge in [0.2, 0.25) is 6.41 Å². The second kappa shape index (κ2) is 8.75. The van der Waals surface area contributed by atoms with Crippen LogP contribution in [0.3, 0.4) is 0 Å². The quantitative estimate of drug-likeness (QED) is 0.547. The Balaban J connectivity index is 2.35. The summed E-state index contributed by atoms with van der Waals surface area (Å²) in [7, 11) is 0. The Labute approximate surface area is 125 Å². The first-order chi connectivity index (χ1) is 9.52. The molecular weight excluding hydrogens is 274 g/mol. The third-order valence-electron chi connectivity index (χ3n) is 3.22. The van der Waals surface area contributed by atoms with Crippen LogP contribution in [0.15, 0.2) is 18.2 Å². The van der Waals surface area contributed by atoms with E-state index in [4.69, 9.17) is 11.6 Å². The highest BCUT2D eigenvalue weighted by Gasteiger charge is 2.06. The van der Waals surface area contributed by atoms with Crippen molar-refractivity contribution in [2.24, 2.45) is 5.92 Å². The zero-order valence-corrected chi connectivity index (χ0v) is 12.9. The van der Waals surface area contributed by atoms with Gasteiger partial charge in [0, 0.05) is 23.0 Å². The van der Waals surface area contributed by atoms with Crippen LogP contribution in [0.25, 0.3) is 0 Å². The summed E-state index contributed by atoms with van der Waals surface area (Å²) in [6, 6.07) is 5.57. The van der Waals surface area contributed by atoms with Gasteiger partial charge in [-0.05, 0) is 43.0 Å². The van der Waals surface area contributed by atoms with Crippen molar-refractivity contribution in [2.75, 3.05) is 5.32 Å². The van der Waals surface area contributed by atoms with Gasteiger partial charge in [-0.3, -0.25) is 9.59 Å². The summed E-state index contributed by atoms with van der Waals surface area (Å²) in [5, 5.41) is 3.23. The highest BCUT2D eigenvalue weighted by atomic mass is 35.5. The van der Waals surface area contributed by atoms with Gasteiger partial charge < -0.3 is 5.32 Å². The van der Waals surface area contributed by atoms with Gasteiger partial charge in [-0.25, -0.2) is 0 Å². The van der Waals surface area contributed by atoms with Crippen molar-refractivity contribution in [1.82, 2.24) is 0 Å². The predicted octanol–water partition coefficient (Wildman–Crippen LogP) is 4.24. The first kappa shape index (κ1) is 16.7. The number of Topliss-reactive ketones (excluding diaryl/α,β-unsaturated/α-hetero) is 1. The van der Waals surface area contributed by atoms with Gasteiger partial charge in [-0.2, -0.15) is 0 Å². The van der Waals surface area contributed by atoms with Crippen LogP contribution in [0.5, 0.6) is 0 Å². The van der Waals surface area contributed by atoms with Crippen molar-refractivity contribution in [2.45, 2.75) is 46.0 Å². The molecule has 0 fully saturated rings. The Hall–Kier alpha value is -1.35. The number of ketones is 1. The topological polar surface area (TPSA) is 46.2 Å². The predicted molar refractivity (Wildman–Crippen MR) is 83.2 cm³/mol. The number of rotatable bonds is 9. The molecule has 1 aromatic carbocycles. The number of hydrogen-bond donors (Lipinski definition) is 1. The van der Waals surface area contributed by atoms with E-state index in [-0.39, 0.29) is 5.92 Å². The fourth-order valence-electron chi connectivity index (χ4n) is 2.04. The summed E-state index contributed by atoms with van der Waals surface area (Å²) < 4.78 is 0. The zero-order valence-electron chi connectivity index (χ0n) is 12.1. The van der Waals surface area contributed by atoms with E-state index in [0.717, 1.165) is 36.9 Å². The Bertz CT molecular complexity index is 458. The van der Waals surface area contributed by atoms with Crippen LogP contribution >= 0.6 is 11.6 Å². The van der Waals surface area contributed by atoms with Gasteiger partial charge in [-0.15, -0.1) is 0 Å². The molecule has 0 saturated carbocycles. The minimum absolute atomic E-state index is 0.139. The minimum Gasteiger partial charge on any atom is -0.329 e. The molecule has 0 heterocycles. The summed E-state index contributed by atoms with van der Waals surface area (Å²) in [6.45, 7) is 3.88. The van der Waals surface area contributed by atoms with Gasteiger partial charge in [0.05, 0.1) is 0 Å². The number of carbonyl (C=O) groups is 2. The number of carbonyl (C=O) groups excluding carboxylic acids is 2. The third-order valence-corrected chi connectivity index (χ3v) is 3.43. The normalized spacial score (nSPS) is 10.6. The molecule has 1 rings (SSSR count). The van der Waals surface area contributed by atoms with Crippen LogP contribution in [0.4, 0.5) is 5.69 Å². The SMILES string of the molecule is CC(C)C(=O)CCCCCc1cc(Cl)cc(NC=O)c1. The number of halogens is 1. The van der Waals surface area contributed by atoms with Crippen molar-refractivity contribution in [1.29, 1.82) is 0 Å². The van der Waals surface area contributed by atoms with E-state index in [1.165, 1.54) is 0 Å². The van der Waals surface area contributed by atoms with Crippen LogP contribution in [0, 0.1) is 5.92 Å². The Morgan fingerprint density at radius 3 is 2.65 bits per heavy atom. The van der Waals surface area contributed by atoms with E-state index in [1.54, 1.807) is 6.07 Å². The molecule has 0 aliphatic heterocycles. The lowest BCUT2D eigenvalue weighted by atomic mass is 10.0. The molecule has 0 aliphatic rings. The molecule has 0 spiro atoms. The number of unbranched alkanes of at least 4 members (excludes halogenated alkanes) is 2. The molecule has 0 aromatic heterocycles. The molecule has 1 aromatic rings. The smallest absolute Gasteiger partial charge is 0.211 e. The fraction of sp³-hybridized carbons (Fsp3) is 0.500. The summed E-state index contributed by atoms with van der Waals surface area (Å²) in [5.41, 5.74) is 1.83. The monoisotopic (exact) mass is 295 g/mol. The number of benzene rings is 1. The molecule has 1 N–H and O–H groups in total. The molecule has 0 radical (unpaired) electrons. The largest absolute Gasteiger partial charge is 0.329 e. The first-order valence-electron chi connectivity index (χ1n) is 7.05. The maximum absolute atomic E-state index is 11.5. The second-order valence-corrected chi connectivity index (χ2v) is 5.73. The Morgan fingerprint density at radius 2 is 2.00 bits per heavy atom. The van der Waals surface area contributed by atoms with Gasteiger partial charge in [-0.1, -0.05) is 31.9 Å². The fourth-order valence-corrected chi connectivity index (χ4v) is 2.30. The van der Waals surface area contributed by atoms with Crippen molar-refractivity contribution < 1.29 is 9.59 Å². The number of aryl methyl sites for hydroxylation is 1. The maximum Gasteiger partial charge on any atom is 0.211 e. The summed E-state index contributed by atoms with van der Waals surface area (Å²) in [6.07, 6.45) is 5.22. The lowest BCUT2D eigenvalue weighted by Gasteiger charge is -2.06. The Kier molecular flexibility index (Phi) is 7.31. The number of anilines is 1. The molecule has 0 saturated heterocycles. The highest BCUT2D eigenvalue weighted by Crippen LogP contribution is 2.20. The molecule has 0 atom stereocenters. The highest BCUT2D eigenvalue weighted by molar-refractivity contribution is 6.31. The van der Waals surface area contributed by atoms with Gasteiger partial charge >= 0.3 is 0 Å². The zero-order chi connectivity index (χ0) is 15.0. The Morgan fingerprint density at radius 1 is 1.25 bits per heavy atom. The average Bonchev–Trinajstić information content (AvgIpc) is 2.37. The lowest BCUT2D eigenvalue weighted by molar-refractivity contribution is -0.122. The number of amides is 1. The third kappa shape index (κ3) is 6.20. The molecule has 3 nitrogen and oxygen atoms in total. The van der Waals surface area contributed by atoms with Gasteiger partial charge in [0.25, 0.3) is 0 Å². The van der Waals surface area contributed by atoms with Crippen LogP contribution in [-0.2, 0) is 16.0 Å². The van der Waals surface area contributed by atoms with E-state index in [9.17, 15) is 9.59 Å². The molecular formula is C16H22ClNO2. The van der Waals surface area contributed by atoms with Crippen LogP contribution in [-0.4, -0.2) is 12.2 Å². The van der Waals surface area contributed by atoms with Crippen LogP contribution < -0.4 is 5.32 Å². The maximum atomic E-state index is 11.5. The molecule has 110 valence electrons. The van der Waals surface area contributed by atoms with Gasteiger partial charge in [0.1, 0.15) is 5.78 Å².